The van der Waals surface area contributed by atoms with E-state index in [2.05, 4.69) is 15.8 Å². The zero-order valence-electron chi connectivity index (χ0n) is 17.6. The van der Waals surface area contributed by atoms with E-state index in [9.17, 15) is 4.79 Å². The first-order valence-electron chi connectivity index (χ1n) is 10.2. The van der Waals surface area contributed by atoms with Crippen molar-refractivity contribution in [1.82, 2.24) is 20.7 Å². The van der Waals surface area contributed by atoms with Crippen molar-refractivity contribution in [3.63, 3.8) is 0 Å². The van der Waals surface area contributed by atoms with E-state index in [0.717, 1.165) is 25.9 Å². The van der Waals surface area contributed by atoms with Crippen molar-refractivity contribution in [2.75, 3.05) is 34.4 Å². The third-order valence-electron chi connectivity index (χ3n) is 6.04. The van der Waals surface area contributed by atoms with Crippen LogP contribution in [0.2, 0.25) is 0 Å². The molecule has 8 heteroatoms. The molecular weight excluding hydrogens is 384 g/mol. The molecule has 0 bridgehead atoms. The fourth-order valence-corrected chi connectivity index (χ4v) is 4.60. The number of aromatic nitrogens is 1. The largest absolute Gasteiger partial charge is 0.493 e. The Morgan fingerprint density at radius 1 is 1.10 bits per heavy atom. The number of pyridine rings is 1. The van der Waals surface area contributed by atoms with Gasteiger partial charge in [-0.2, -0.15) is 0 Å². The summed E-state index contributed by atoms with van der Waals surface area (Å²) < 4.78 is 16.2. The van der Waals surface area contributed by atoms with Crippen LogP contribution in [0, 0.1) is 0 Å². The number of hydrogen-bond acceptors (Lipinski definition) is 7. The number of ether oxygens (including phenoxy) is 3. The molecule has 8 nitrogen and oxygen atoms in total. The normalized spacial score (nSPS) is 23.4. The highest BCUT2D eigenvalue weighted by molar-refractivity contribution is 5.96. The van der Waals surface area contributed by atoms with Gasteiger partial charge in [0.05, 0.1) is 21.3 Å². The molecule has 160 valence electrons. The first kappa shape index (κ1) is 20.4. The summed E-state index contributed by atoms with van der Waals surface area (Å²) in [7, 11) is 4.66. The van der Waals surface area contributed by atoms with Crippen molar-refractivity contribution in [1.29, 1.82) is 0 Å². The van der Waals surface area contributed by atoms with E-state index >= 15 is 0 Å². The summed E-state index contributed by atoms with van der Waals surface area (Å²) in [5.41, 5.74) is 8.45. The number of carbonyl (C=O) groups is 1. The second-order valence-corrected chi connectivity index (χ2v) is 7.56. The summed E-state index contributed by atoms with van der Waals surface area (Å²) in [6.45, 7) is 1.54. The summed E-state index contributed by atoms with van der Waals surface area (Å²) in [6, 6.07) is 7.75. The summed E-state index contributed by atoms with van der Waals surface area (Å²) in [4.78, 5) is 19.6. The lowest BCUT2D eigenvalue weighted by atomic mass is 9.88. The molecule has 0 radical (unpaired) electrons. The molecule has 2 aliphatic heterocycles. The van der Waals surface area contributed by atoms with Crippen molar-refractivity contribution >= 4 is 5.91 Å². The molecule has 0 spiro atoms. The van der Waals surface area contributed by atoms with E-state index in [-0.39, 0.29) is 23.9 Å². The zero-order chi connectivity index (χ0) is 21.1. The van der Waals surface area contributed by atoms with Gasteiger partial charge in [-0.25, -0.2) is 0 Å². The minimum Gasteiger partial charge on any atom is -0.493 e. The number of nitrogens with one attached hydrogen (secondary N) is 2. The van der Waals surface area contributed by atoms with E-state index < -0.39 is 0 Å². The number of amides is 1. The first-order chi connectivity index (χ1) is 14.7. The Balaban J connectivity index is 1.61. The van der Waals surface area contributed by atoms with Crippen LogP contribution in [0.4, 0.5) is 0 Å². The van der Waals surface area contributed by atoms with Crippen LogP contribution >= 0.6 is 0 Å². The van der Waals surface area contributed by atoms with Gasteiger partial charge in [-0.15, -0.1) is 0 Å². The van der Waals surface area contributed by atoms with E-state index in [0.29, 0.717) is 22.8 Å². The predicted octanol–water partition coefficient (Wildman–Crippen LogP) is 1.97. The smallest absolute Gasteiger partial charge is 0.254 e. The number of rotatable bonds is 6. The van der Waals surface area contributed by atoms with Gasteiger partial charge in [-0.05, 0) is 42.7 Å². The summed E-state index contributed by atoms with van der Waals surface area (Å²) in [6.07, 6.45) is 5.57. The molecule has 3 atom stereocenters. The highest BCUT2D eigenvalue weighted by Crippen LogP contribution is 2.39. The maximum Gasteiger partial charge on any atom is 0.254 e. The maximum atomic E-state index is 13.5. The Labute approximate surface area is 176 Å². The average molecular weight is 412 g/mol. The molecular formula is C22H28N4O4. The summed E-state index contributed by atoms with van der Waals surface area (Å²) in [5, 5.41) is 0. The third kappa shape index (κ3) is 3.68. The predicted molar refractivity (Wildman–Crippen MR) is 112 cm³/mol. The number of hydrogen-bond donors (Lipinski definition) is 2. The van der Waals surface area contributed by atoms with Crippen LogP contribution in [0.1, 0.15) is 34.7 Å². The number of nitrogens with zero attached hydrogens (tertiary/aromatic N) is 2. The maximum absolute atomic E-state index is 13.5. The van der Waals surface area contributed by atoms with E-state index in [1.54, 1.807) is 33.5 Å². The molecule has 2 fully saturated rings. The molecule has 2 saturated heterocycles. The van der Waals surface area contributed by atoms with Gasteiger partial charge < -0.3 is 19.1 Å². The standard InChI is InChI=1S/C22H28N4O4/c1-28-18-11-15(12-19(29-2)21(18)30-3)22(27)26-10-4-5-17(26)20-16(13-24-25-20)14-6-8-23-9-7-14/h6-9,11-12,16-17,20,24-25H,4-5,10,13H2,1-3H3. The van der Waals surface area contributed by atoms with Gasteiger partial charge in [0.15, 0.2) is 11.5 Å². The molecule has 1 aromatic carbocycles. The number of benzene rings is 1. The molecule has 30 heavy (non-hydrogen) atoms. The van der Waals surface area contributed by atoms with Crippen LogP contribution in [0.3, 0.4) is 0 Å². The Bertz CT molecular complexity index is 867. The van der Waals surface area contributed by atoms with Crippen molar-refractivity contribution in [3.05, 3.63) is 47.8 Å². The monoisotopic (exact) mass is 412 g/mol. The van der Waals surface area contributed by atoms with Crippen molar-refractivity contribution < 1.29 is 19.0 Å². The van der Waals surface area contributed by atoms with Crippen LogP contribution < -0.4 is 25.1 Å². The fourth-order valence-electron chi connectivity index (χ4n) is 4.60. The first-order valence-corrected chi connectivity index (χ1v) is 10.2. The van der Waals surface area contributed by atoms with Gasteiger partial charge in [0, 0.05) is 49.0 Å². The lowest BCUT2D eigenvalue weighted by molar-refractivity contribution is 0.0704. The fraction of sp³-hybridized carbons (Fsp3) is 0.455. The van der Waals surface area contributed by atoms with Crippen LogP contribution in [0.5, 0.6) is 17.2 Å². The second-order valence-electron chi connectivity index (χ2n) is 7.56. The number of carbonyl (C=O) groups excluding carboxylic acids is 1. The molecule has 2 aliphatic rings. The molecule has 1 aromatic heterocycles. The van der Waals surface area contributed by atoms with Gasteiger partial charge >= 0.3 is 0 Å². The third-order valence-corrected chi connectivity index (χ3v) is 6.04. The average Bonchev–Trinajstić information content (AvgIpc) is 3.47. The number of hydrazine groups is 1. The Kier molecular flexibility index (Phi) is 6.06. The van der Waals surface area contributed by atoms with Crippen LogP contribution in [-0.4, -0.2) is 62.3 Å². The quantitative estimate of drug-likeness (QED) is 0.750. The minimum absolute atomic E-state index is 0.0288. The Hall–Kier alpha value is -2.84. The van der Waals surface area contributed by atoms with E-state index in [1.807, 2.05) is 29.4 Å². The SMILES string of the molecule is COc1cc(C(=O)N2CCCC2C2NNCC2c2ccncc2)cc(OC)c1OC. The van der Waals surface area contributed by atoms with Crippen molar-refractivity contribution in [2.45, 2.75) is 30.8 Å². The van der Waals surface area contributed by atoms with Crippen LogP contribution in [-0.2, 0) is 0 Å². The second kappa shape index (κ2) is 8.89. The van der Waals surface area contributed by atoms with E-state index in [4.69, 9.17) is 14.2 Å². The molecule has 2 aromatic rings. The van der Waals surface area contributed by atoms with Gasteiger partial charge in [0.2, 0.25) is 5.75 Å². The topological polar surface area (TPSA) is 85.0 Å². The Morgan fingerprint density at radius 3 is 2.43 bits per heavy atom. The number of methoxy groups -OCH3 is 3. The highest BCUT2D eigenvalue weighted by Gasteiger charge is 2.42. The van der Waals surface area contributed by atoms with Gasteiger partial charge in [-0.3, -0.25) is 20.6 Å². The summed E-state index contributed by atoms with van der Waals surface area (Å²) in [5.74, 6) is 1.68. The van der Waals surface area contributed by atoms with E-state index in [1.165, 1.54) is 5.56 Å². The molecule has 0 aliphatic carbocycles. The van der Waals surface area contributed by atoms with Gasteiger partial charge in [0.1, 0.15) is 0 Å². The number of likely N-dealkylation sites (tertiary alicyclic amines) is 1. The molecule has 3 heterocycles. The minimum atomic E-state index is -0.0288. The highest BCUT2D eigenvalue weighted by atomic mass is 16.5. The van der Waals surface area contributed by atoms with Gasteiger partial charge in [-0.1, -0.05) is 0 Å². The van der Waals surface area contributed by atoms with Crippen molar-refractivity contribution in [2.24, 2.45) is 0 Å². The molecule has 4 rings (SSSR count). The molecule has 1 amide bonds. The zero-order valence-corrected chi connectivity index (χ0v) is 17.6. The molecule has 0 saturated carbocycles. The van der Waals surface area contributed by atoms with Crippen LogP contribution in [0.15, 0.2) is 36.7 Å². The van der Waals surface area contributed by atoms with Crippen LogP contribution in [0.25, 0.3) is 0 Å². The molecule has 3 unspecified atom stereocenters. The molecule has 2 N–H and O–H groups in total. The Morgan fingerprint density at radius 2 is 1.80 bits per heavy atom. The summed E-state index contributed by atoms with van der Waals surface area (Å²) >= 11 is 0. The van der Waals surface area contributed by atoms with Gasteiger partial charge in [0.25, 0.3) is 5.91 Å². The lowest BCUT2D eigenvalue weighted by Crippen LogP contribution is -2.49. The van der Waals surface area contributed by atoms with Crippen molar-refractivity contribution in [3.8, 4) is 17.2 Å². The lowest BCUT2D eigenvalue weighted by Gasteiger charge is -2.32.